The van der Waals surface area contributed by atoms with Gasteiger partial charge in [0.2, 0.25) is 0 Å². The Morgan fingerprint density at radius 2 is 2.04 bits per heavy atom. The predicted octanol–water partition coefficient (Wildman–Crippen LogP) is 3.70. The molecular weight excluding hydrogens is 406 g/mol. The number of fused-ring (bicyclic) bond motifs is 1. The number of halogens is 2. The molecule has 0 saturated heterocycles. The van der Waals surface area contributed by atoms with Crippen LogP contribution in [0.25, 0.3) is 10.2 Å². The van der Waals surface area contributed by atoms with E-state index in [-0.39, 0.29) is 33.1 Å². The van der Waals surface area contributed by atoms with Crippen molar-refractivity contribution >= 4 is 37.3 Å². The van der Waals surface area contributed by atoms with Gasteiger partial charge in [-0.15, -0.1) is 6.58 Å². The third-order valence-corrected chi connectivity index (χ3v) is 6.78. The van der Waals surface area contributed by atoms with Gasteiger partial charge in [-0.1, -0.05) is 30.4 Å². The van der Waals surface area contributed by atoms with Gasteiger partial charge in [0.25, 0.3) is 5.91 Å². The normalized spacial score (nSPS) is 12.5. The molecule has 9 heteroatoms. The van der Waals surface area contributed by atoms with Crippen LogP contribution in [0.4, 0.5) is 8.78 Å². The van der Waals surface area contributed by atoms with E-state index in [2.05, 4.69) is 11.6 Å². The minimum absolute atomic E-state index is 0.0273. The van der Waals surface area contributed by atoms with Crippen molar-refractivity contribution in [3.8, 4) is 0 Å². The molecule has 0 atom stereocenters. The second kappa shape index (κ2) is 7.76. The standard InChI is InChI=1S/C19H16F2N2O3S2/c1-3-8-23-17-15(21)10-13(20)11-16(17)27-19(23)22-18(24)12-6-5-7-14(9-12)28(25,26)4-2/h3,5-7,9-11H,1,4,8H2,2H3. The van der Waals surface area contributed by atoms with Crippen molar-refractivity contribution in [1.82, 2.24) is 4.57 Å². The lowest BCUT2D eigenvalue weighted by atomic mass is 10.2. The zero-order valence-corrected chi connectivity index (χ0v) is 16.5. The van der Waals surface area contributed by atoms with Crippen LogP contribution < -0.4 is 4.80 Å². The molecule has 3 aromatic rings. The van der Waals surface area contributed by atoms with Crippen LogP contribution >= 0.6 is 11.3 Å². The maximum Gasteiger partial charge on any atom is 0.279 e. The molecule has 1 aromatic heterocycles. The molecule has 146 valence electrons. The second-order valence-corrected chi connectivity index (χ2v) is 9.15. The maximum atomic E-state index is 14.2. The van der Waals surface area contributed by atoms with E-state index >= 15 is 0 Å². The molecule has 0 saturated carbocycles. The van der Waals surface area contributed by atoms with E-state index in [4.69, 9.17) is 0 Å². The third-order valence-electron chi connectivity index (χ3n) is 4.02. The van der Waals surface area contributed by atoms with Crippen LogP contribution in [0.15, 0.2) is 58.9 Å². The fourth-order valence-corrected chi connectivity index (χ4v) is 4.66. The van der Waals surface area contributed by atoms with Crippen molar-refractivity contribution in [3.05, 3.63) is 71.1 Å². The lowest BCUT2D eigenvalue weighted by Crippen LogP contribution is -2.17. The van der Waals surface area contributed by atoms with Gasteiger partial charge >= 0.3 is 0 Å². The SMILES string of the molecule is C=CCn1c(=NC(=O)c2cccc(S(=O)(=O)CC)c2)sc2cc(F)cc(F)c21. The Labute approximate surface area is 164 Å². The molecular formula is C19H16F2N2O3S2. The number of aromatic nitrogens is 1. The zero-order chi connectivity index (χ0) is 20.5. The summed E-state index contributed by atoms with van der Waals surface area (Å²) in [4.78, 5) is 16.8. The van der Waals surface area contributed by atoms with Crippen LogP contribution in [0.3, 0.4) is 0 Å². The summed E-state index contributed by atoms with van der Waals surface area (Å²) < 4.78 is 53.5. The Morgan fingerprint density at radius 1 is 1.29 bits per heavy atom. The Kier molecular flexibility index (Phi) is 5.57. The number of carbonyl (C=O) groups is 1. The summed E-state index contributed by atoms with van der Waals surface area (Å²) >= 11 is 0.959. The van der Waals surface area contributed by atoms with Gasteiger partial charge in [0.1, 0.15) is 5.82 Å². The number of amides is 1. The topological polar surface area (TPSA) is 68.5 Å². The van der Waals surface area contributed by atoms with Crippen molar-refractivity contribution < 1.29 is 22.0 Å². The largest absolute Gasteiger partial charge is 0.310 e. The van der Waals surface area contributed by atoms with Crippen molar-refractivity contribution in [1.29, 1.82) is 0 Å². The average molecular weight is 422 g/mol. The number of allylic oxidation sites excluding steroid dienone is 1. The van der Waals surface area contributed by atoms with E-state index in [9.17, 15) is 22.0 Å². The van der Waals surface area contributed by atoms with E-state index < -0.39 is 27.4 Å². The quantitative estimate of drug-likeness (QED) is 0.589. The number of carbonyl (C=O) groups excluding carboxylic acids is 1. The summed E-state index contributed by atoms with van der Waals surface area (Å²) in [6.07, 6.45) is 1.51. The number of benzene rings is 2. The van der Waals surface area contributed by atoms with Crippen molar-refractivity contribution in [2.24, 2.45) is 4.99 Å². The lowest BCUT2D eigenvalue weighted by molar-refractivity contribution is 0.0997. The Balaban J connectivity index is 2.16. The average Bonchev–Trinajstić information content (AvgIpc) is 2.99. The highest BCUT2D eigenvalue weighted by Crippen LogP contribution is 2.22. The van der Waals surface area contributed by atoms with E-state index in [1.54, 1.807) is 0 Å². The third kappa shape index (κ3) is 3.81. The molecule has 0 unspecified atom stereocenters. The summed E-state index contributed by atoms with van der Waals surface area (Å²) in [5.74, 6) is -2.27. The summed E-state index contributed by atoms with van der Waals surface area (Å²) in [7, 11) is -3.48. The van der Waals surface area contributed by atoms with Crippen molar-refractivity contribution in [2.45, 2.75) is 18.4 Å². The molecule has 5 nitrogen and oxygen atoms in total. The van der Waals surface area contributed by atoms with Gasteiger partial charge in [-0.05, 0) is 24.3 Å². The number of sulfone groups is 1. The van der Waals surface area contributed by atoms with E-state index in [0.29, 0.717) is 4.70 Å². The molecule has 1 amide bonds. The molecule has 0 N–H and O–H groups in total. The van der Waals surface area contributed by atoms with Crippen molar-refractivity contribution in [3.63, 3.8) is 0 Å². The van der Waals surface area contributed by atoms with E-state index in [1.165, 1.54) is 47.9 Å². The smallest absolute Gasteiger partial charge is 0.279 e. The Bertz CT molecular complexity index is 1260. The summed E-state index contributed by atoms with van der Waals surface area (Å²) in [6, 6.07) is 7.51. The van der Waals surface area contributed by atoms with Gasteiger partial charge in [-0.25, -0.2) is 17.2 Å². The van der Waals surface area contributed by atoms with Gasteiger partial charge in [0, 0.05) is 18.2 Å². The molecule has 28 heavy (non-hydrogen) atoms. The number of thiazole rings is 1. The second-order valence-electron chi connectivity index (χ2n) is 5.87. The molecule has 1 heterocycles. The molecule has 2 aromatic carbocycles. The monoisotopic (exact) mass is 422 g/mol. The zero-order valence-electron chi connectivity index (χ0n) is 14.9. The summed E-state index contributed by atoms with van der Waals surface area (Å²) in [5, 5.41) is 0. The molecule has 0 spiro atoms. The van der Waals surface area contributed by atoms with Crippen LogP contribution in [0.2, 0.25) is 0 Å². The van der Waals surface area contributed by atoms with Crippen LogP contribution in [0.5, 0.6) is 0 Å². The minimum atomic E-state index is -3.48. The molecule has 0 aliphatic rings. The van der Waals surface area contributed by atoms with Crippen LogP contribution in [-0.2, 0) is 16.4 Å². The fourth-order valence-electron chi connectivity index (χ4n) is 2.65. The fraction of sp³-hybridized carbons (Fsp3) is 0.158. The highest BCUT2D eigenvalue weighted by atomic mass is 32.2. The molecule has 0 aliphatic heterocycles. The first-order chi connectivity index (χ1) is 13.3. The highest BCUT2D eigenvalue weighted by molar-refractivity contribution is 7.91. The molecule has 0 bridgehead atoms. The first-order valence-corrected chi connectivity index (χ1v) is 10.7. The van der Waals surface area contributed by atoms with E-state index in [0.717, 1.165) is 17.4 Å². The number of rotatable bonds is 5. The number of nitrogens with zero attached hydrogens (tertiary/aromatic N) is 2. The Hall–Kier alpha value is -2.65. The molecule has 0 aliphatic carbocycles. The molecule has 0 fully saturated rings. The van der Waals surface area contributed by atoms with Gasteiger partial charge in [0.15, 0.2) is 20.5 Å². The van der Waals surface area contributed by atoms with Gasteiger partial charge < -0.3 is 4.57 Å². The van der Waals surface area contributed by atoms with E-state index in [1.807, 2.05) is 0 Å². The number of hydrogen-bond donors (Lipinski definition) is 0. The molecule has 0 radical (unpaired) electrons. The highest BCUT2D eigenvalue weighted by Gasteiger charge is 2.16. The van der Waals surface area contributed by atoms with Crippen LogP contribution in [0.1, 0.15) is 17.3 Å². The van der Waals surface area contributed by atoms with Gasteiger partial charge in [0.05, 0.1) is 20.9 Å². The maximum absolute atomic E-state index is 14.2. The summed E-state index contributed by atoms with van der Waals surface area (Å²) in [5.41, 5.74) is 0.212. The predicted molar refractivity (Wildman–Crippen MR) is 104 cm³/mol. The first-order valence-electron chi connectivity index (χ1n) is 8.28. The van der Waals surface area contributed by atoms with Gasteiger partial charge in [-0.3, -0.25) is 4.79 Å². The van der Waals surface area contributed by atoms with Crippen LogP contribution in [0, 0.1) is 11.6 Å². The van der Waals surface area contributed by atoms with Gasteiger partial charge in [-0.2, -0.15) is 4.99 Å². The van der Waals surface area contributed by atoms with Crippen LogP contribution in [-0.4, -0.2) is 24.6 Å². The lowest BCUT2D eigenvalue weighted by Gasteiger charge is -2.03. The first kappa shape index (κ1) is 20.1. The minimum Gasteiger partial charge on any atom is -0.310 e. The van der Waals surface area contributed by atoms with Crippen molar-refractivity contribution in [2.75, 3.05) is 5.75 Å². The summed E-state index contributed by atoms with van der Waals surface area (Å²) in [6.45, 7) is 5.29. The molecule has 3 rings (SSSR count). The Morgan fingerprint density at radius 3 is 2.71 bits per heavy atom. The number of hydrogen-bond acceptors (Lipinski definition) is 4.